The Balaban J connectivity index is 1.37. The minimum absolute atomic E-state index is 0.122. The summed E-state index contributed by atoms with van der Waals surface area (Å²) < 4.78 is 36.1. The number of hydrogen-bond acceptors (Lipinski definition) is 5. The Kier molecular flexibility index (Phi) is 6.20. The first-order valence-electron chi connectivity index (χ1n) is 9.57. The third-order valence-electron chi connectivity index (χ3n) is 5.02. The van der Waals surface area contributed by atoms with Gasteiger partial charge in [-0.15, -0.1) is 0 Å². The van der Waals surface area contributed by atoms with E-state index in [1.807, 2.05) is 18.2 Å². The summed E-state index contributed by atoms with van der Waals surface area (Å²) in [5.74, 6) is -1.06. The fraction of sp³-hybridized carbons (Fsp3) is 0.381. The summed E-state index contributed by atoms with van der Waals surface area (Å²) >= 11 is 0.486. The molecule has 1 saturated heterocycles. The van der Waals surface area contributed by atoms with Gasteiger partial charge >= 0.3 is 0 Å². The molecule has 0 aliphatic carbocycles. The predicted octanol–water partition coefficient (Wildman–Crippen LogP) is 4.55. The van der Waals surface area contributed by atoms with Gasteiger partial charge in [-0.1, -0.05) is 17.8 Å². The van der Waals surface area contributed by atoms with Gasteiger partial charge < -0.3 is 14.8 Å². The first kappa shape index (κ1) is 20.0. The Morgan fingerprint density at radius 1 is 1.14 bits per heavy atom. The summed E-state index contributed by atoms with van der Waals surface area (Å²) in [5.41, 5.74) is 1.72. The van der Waals surface area contributed by atoms with Crippen molar-refractivity contribution in [2.24, 2.45) is 0 Å². The van der Waals surface area contributed by atoms with E-state index in [1.165, 1.54) is 0 Å². The summed E-state index contributed by atoms with van der Waals surface area (Å²) in [6.07, 6.45) is 2.00. The summed E-state index contributed by atoms with van der Waals surface area (Å²) in [6, 6.07) is 12.6. The number of thioether (sulfide) groups is 1. The van der Waals surface area contributed by atoms with E-state index in [9.17, 15) is 13.6 Å². The van der Waals surface area contributed by atoms with Crippen LogP contribution in [0.15, 0.2) is 47.4 Å². The van der Waals surface area contributed by atoms with Crippen LogP contribution in [0.25, 0.3) is 0 Å². The Labute approximate surface area is 172 Å². The Morgan fingerprint density at radius 2 is 1.90 bits per heavy atom. The highest BCUT2D eigenvalue weighted by Gasteiger charge is 2.28. The van der Waals surface area contributed by atoms with E-state index in [1.54, 1.807) is 24.3 Å². The van der Waals surface area contributed by atoms with Crippen molar-refractivity contribution in [2.45, 2.75) is 29.5 Å². The van der Waals surface area contributed by atoms with Crippen molar-refractivity contribution in [2.75, 3.05) is 31.6 Å². The number of fused-ring (bicyclic) bond motifs is 1. The lowest BCUT2D eigenvalue weighted by Crippen LogP contribution is -2.33. The molecule has 2 aromatic rings. The van der Waals surface area contributed by atoms with E-state index < -0.39 is 5.76 Å². The molecule has 1 atom stereocenters. The van der Waals surface area contributed by atoms with Gasteiger partial charge in [-0.2, -0.15) is 8.78 Å². The van der Waals surface area contributed by atoms with E-state index >= 15 is 0 Å². The molecule has 2 heterocycles. The minimum Gasteiger partial charge on any atom is -0.486 e. The number of hydrogen-bond donors (Lipinski definition) is 1. The molecule has 1 amide bonds. The molecule has 0 spiro atoms. The molecule has 0 aromatic heterocycles. The second-order valence-electron chi connectivity index (χ2n) is 6.98. The number of likely N-dealkylation sites (tertiary alicyclic amines) is 1. The number of anilines is 1. The van der Waals surface area contributed by atoms with Crippen LogP contribution in [0.1, 0.15) is 24.4 Å². The van der Waals surface area contributed by atoms with Gasteiger partial charge in [0, 0.05) is 16.6 Å². The first-order chi connectivity index (χ1) is 14.1. The van der Waals surface area contributed by atoms with Gasteiger partial charge in [0.05, 0.1) is 6.54 Å². The van der Waals surface area contributed by atoms with Crippen LogP contribution in [0.3, 0.4) is 0 Å². The molecule has 2 aliphatic heterocycles. The largest absolute Gasteiger partial charge is 0.486 e. The third kappa shape index (κ3) is 5.00. The molecule has 0 radical (unpaired) electrons. The fourth-order valence-corrected chi connectivity index (χ4v) is 4.26. The highest BCUT2D eigenvalue weighted by Crippen LogP contribution is 2.38. The summed E-state index contributed by atoms with van der Waals surface area (Å²) in [5, 5.41) is 2.85. The van der Waals surface area contributed by atoms with Crippen LogP contribution in [0.4, 0.5) is 14.5 Å². The third-order valence-corrected chi connectivity index (χ3v) is 5.75. The zero-order valence-corrected chi connectivity index (χ0v) is 16.6. The van der Waals surface area contributed by atoms with Gasteiger partial charge in [-0.25, -0.2) is 0 Å². The molecule has 2 aliphatic rings. The van der Waals surface area contributed by atoms with Crippen molar-refractivity contribution >= 4 is 23.4 Å². The average Bonchev–Trinajstić information content (AvgIpc) is 3.16. The van der Waals surface area contributed by atoms with Crippen molar-refractivity contribution in [3.63, 3.8) is 0 Å². The molecule has 1 fully saturated rings. The highest BCUT2D eigenvalue weighted by atomic mass is 32.2. The zero-order valence-electron chi connectivity index (χ0n) is 15.8. The van der Waals surface area contributed by atoms with E-state index in [2.05, 4.69) is 10.2 Å². The first-order valence-corrected chi connectivity index (χ1v) is 10.4. The normalized spacial score (nSPS) is 18.8. The Bertz CT molecular complexity index is 864. The van der Waals surface area contributed by atoms with Crippen molar-refractivity contribution in [1.82, 2.24) is 4.90 Å². The Morgan fingerprint density at radius 3 is 2.66 bits per heavy atom. The number of carbonyl (C=O) groups excluding carboxylic acids is 1. The number of halogens is 2. The lowest BCUT2D eigenvalue weighted by molar-refractivity contribution is -0.117. The molecule has 5 nitrogen and oxygen atoms in total. The molecule has 0 saturated carbocycles. The van der Waals surface area contributed by atoms with Crippen LogP contribution in [-0.2, 0) is 4.79 Å². The summed E-state index contributed by atoms with van der Waals surface area (Å²) in [4.78, 5) is 15.1. The van der Waals surface area contributed by atoms with E-state index in [0.29, 0.717) is 35.6 Å². The molecule has 1 N–H and O–H groups in total. The van der Waals surface area contributed by atoms with Gasteiger partial charge in [0.1, 0.15) is 13.2 Å². The number of alkyl halides is 2. The summed E-state index contributed by atoms with van der Waals surface area (Å²) in [7, 11) is 0. The number of rotatable bonds is 6. The van der Waals surface area contributed by atoms with E-state index in [-0.39, 0.29) is 18.5 Å². The maximum atomic E-state index is 12.5. The number of amides is 1. The molecule has 29 heavy (non-hydrogen) atoms. The zero-order chi connectivity index (χ0) is 20.2. The second kappa shape index (κ2) is 9.00. The minimum atomic E-state index is -2.46. The van der Waals surface area contributed by atoms with Crippen molar-refractivity contribution in [3.8, 4) is 11.5 Å². The summed E-state index contributed by atoms with van der Waals surface area (Å²) in [6.45, 7) is 2.22. The molecule has 4 rings (SSSR count). The topological polar surface area (TPSA) is 50.8 Å². The lowest BCUT2D eigenvalue weighted by atomic mass is 10.0. The Hall–Kier alpha value is -2.32. The predicted molar refractivity (Wildman–Crippen MR) is 108 cm³/mol. The molecule has 2 aromatic carbocycles. The van der Waals surface area contributed by atoms with Crippen LogP contribution >= 0.6 is 11.8 Å². The van der Waals surface area contributed by atoms with Gasteiger partial charge in [0.15, 0.2) is 11.5 Å². The quantitative estimate of drug-likeness (QED) is 0.695. The number of ether oxygens (including phenoxy) is 2. The highest BCUT2D eigenvalue weighted by molar-refractivity contribution is 7.99. The number of nitrogens with one attached hydrogen (secondary N) is 1. The smallest absolute Gasteiger partial charge is 0.288 e. The standard InChI is InChI=1S/C21H22F2N2O3S/c22-21(23)29-16-6-4-15(5-7-16)24-20(26)13-25-9-1-2-17(25)14-3-8-18-19(12-14)28-11-10-27-18/h3-8,12,17,21H,1-2,9-11,13H2,(H,24,26). The van der Waals surface area contributed by atoms with E-state index in [0.717, 1.165) is 36.4 Å². The second-order valence-corrected chi connectivity index (χ2v) is 8.05. The van der Waals surface area contributed by atoms with Gasteiger partial charge in [0.2, 0.25) is 5.91 Å². The van der Waals surface area contributed by atoms with E-state index in [4.69, 9.17) is 9.47 Å². The van der Waals surface area contributed by atoms with Crippen LogP contribution in [0, 0.1) is 0 Å². The number of nitrogens with zero attached hydrogens (tertiary/aromatic N) is 1. The van der Waals surface area contributed by atoms with Crippen LogP contribution < -0.4 is 14.8 Å². The monoisotopic (exact) mass is 420 g/mol. The van der Waals surface area contributed by atoms with Crippen molar-refractivity contribution in [3.05, 3.63) is 48.0 Å². The molecular formula is C21H22F2N2O3S. The lowest BCUT2D eigenvalue weighted by Gasteiger charge is -2.26. The maximum Gasteiger partial charge on any atom is 0.288 e. The molecule has 0 bridgehead atoms. The molecule has 1 unspecified atom stereocenters. The molecule has 8 heteroatoms. The van der Waals surface area contributed by atoms with Gasteiger partial charge in [-0.3, -0.25) is 9.69 Å². The fourth-order valence-electron chi connectivity index (χ4n) is 3.76. The SMILES string of the molecule is O=C(CN1CCCC1c1ccc2c(c1)OCCO2)Nc1ccc(SC(F)F)cc1. The van der Waals surface area contributed by atoms with Crippen LogP contribution in [0.5, 0.6) is 11.5 Å². The van der Waals surface area contributed by atoms with Crippen LogP contribution in [0.2, 0.25) is 0 Å². The van der Waals surface area contributed by atoms with Crippen molar-refractivity contribution < 1.29 is 23.0 Å². The van der Waals surface area contributed by atoms with Gasteiger partial charge in [0.25, 0.3) is 5.76 Å². The maximum absolute atomic E-state index is 12.5. The number of carbonyl (C=O) groups is 1. The van der Waals surface area contributed by atoms with Gasteiger partial charge in [-0.05, 0) is 61.3 Å². The average molecular weight is 420 g/mol. The van der Waals surface area contributed by atoms with Crippen molar-refractivity contribution in [1.29, 1.82) is 0 Å². The van der Waals surface area contributed by atoms with Crippen LogP contribution in [-0.4, -0.2) is 42.9 Å². The number of benzene rings is 2. The molecular weight excluding hydrogens is 398 g/mol. The molecule has 154 valence electrons.